The molecule has 1 heterocycles. The van der Waals surface area contributed by atoms with Gasteiger partial charge >= 0.3 is 11.6 Å². The Kier molecular flexibility index (Phi) is 5.81. The molecule has 2 aromatic carbocycles. The molecular weight excluding hydrogens is 368 g/mol. The van der Waals surface area contributed by atoms with Crippen LogP contribution in [-0.4, -0.2) is 12.6 Å². The van der Waals surface area contributed by atoms with Crippen molar-refractivity contribution in [2.45, 2.75) is 26.9 Å². The Hall–Kier alpha value is -2.79. The van der Waals surface area contributed by atoms with E-state index in [1.165, 1.54) is 6.07 Å². The molecule has 0 aliphatic heterocycles. The van der Waals surface area contributed by atoms with Gasteiger partial charge in [0.15, 0.2) is 6.61 Å². The maximum Gasteiger partial charge on any atom is 0.344 e. The van der Waals surface area contributed by atoms with E-state index in [9.17, 15) is 9.59 Å². The van der Waals surface area contributed by atoms with Gasteiger partial charge in [0.1, 0.15) is 17.9 Å². The number of carbonyl (C=O) groups excluding carboxylic acids is 1. The third kappa shape index (κ3) is 4.49. The molecule has 0 unspecified atom stereocenters. The molecule has 0 N–H and O–H groups in total. The molecule has 3 aromatic rings. The molecule has 3 rings (SSSR count). The highest BCUT2D eigenvalue weighted by atomic mass is 35.5. The summed E-state index contributed by atoms with van der Waals surface area (Å²) in [7, 11) is 0. The first-order valence-corrected chi connectivity index (χ1v) is 8.95. The minimum atomic E-state index is -0.532. The molecule has 0 spiro atoms. The van der Waals surface area contributed by atoms with E-state index in [0.717, 1.165) is 11.1 Å². The van der Waals surface area contributed by atoms with Crippen molar-refractivity contribution in [3.63, 3.8) is 0 Å². The standard InChI is InChI=1S/C21H19ClO5/c1-3-14-8-19-16(10-17(14)22)15(9-20(23)27-19)11-26-21(24)12-25-18-7-5-4-6-13(18)2/h4-10H,3,11-12H2,1-2H3. The van der Waals surface area contributed by atoms with Gasteiger partial charge in [0.2, 0.25) is 0 Å². The zero-order chi connectivity index (χ0) is 19.4. The summed E-state index contributed by atoms with van der Waals surface area (Å²) in [5.41, 5.74) is 2.27. The lowest BCUT2D eigenvalue weighted by Gasteiger charge is -2.11. The Morgan fingerprint density at radius 2 is 1.93 bits per heavy atom. The molecule has 6 heteroatoms. The van der Waals surface area contributed by atoms with Crippen molar-refractivity contribution in [3.05, 3.63) is 74.6 Å². The number of rotatable bonds is 6. The van der Waals surface area contributed by atoms with Crippen molar-refractivity contribution in [2.24, 2.45) is 0 Å². The Labute approximate surface area is 161 Å². The zero-order valence-corrected chi connectivity index (χ0v) is 15.8. The van der Waals surface area contributed by atoms with Gasteiger partial charge in [0.05, 0.1) is 0 Å². The van der Waals surface area contributed by atoms with Crippen molar-refractivity contribution in [1.29, 1.82) is 0 Å². The molecule has 140 valence electrons. The fourth-order valence-corrected chi connectivity index (χ4v) is 3.03. The molecular formula is C21H19ClO5. The van der Waals surface area contributed by atoms with Crippen molar-refractivity contribution in [1.82, 2.24) is 0 Å². The van der Waals surface area contributed by atoms with E-state index in [4.69, 9.17) is 25.5 Å². The van der Waals surface area contributed by atoms with Crippen LogP contribution in [0.25, 0.3) is 11.0 Å². The van der Waals surface area contributed by atoms with Crippen molar-refractivity contribution >= 4 is 28.5 Å². The molecule has 27 heavy (non-hydrogen) atoms. The predicted molar refractivity (Wildman–Crippen MR) is 103 cm³/mol. The van der Waals surface area contributed by atoms with E-state index in [2.05, 4.69) is 0 Å². The molecule has 0 bridgehead atoms. The second-order valence-corrected chi connectivity index (χ2v) is 6.51. The minimum absolute atomic E-state index is 0.0696. The number of hydrogen-bond acceptors (Lipinski definition) is 5. The first-order valence-electron chi connectivity index (χ1n) is 8.57. The number of esters is 1. The normalized spacial score (nSPS) is 10.8. The molecule has 1 aromatic heterocycles. The lowest BCUT2D eigenvalue weighted by molar-refractivity contribution is -0.147. The predicted octanol–water partition coefficient (Wildman–Crippen LogP) is 4.44. The van der Waals surface area contributed by atoms with Crippen LogP contribution in [0.2, 0.25) is 5.02 Å². The molecule has 0 amide bonds. The summed E-state index contributed by atoms with van der Waals surface area (Å²) in [6, 6.07) is 12.2. The largest absolute Gasteiger partial charge is 0.482 e. The molecule has 0 saturated heterocycles. The van der Waals surface area contributed by atoms with E-state index in [0.29, 0.717) is 33.7 Å². The van der Waals surface area contributed by atoms with Crippen LogP contribution in [0.4, 0.5) is 0 Å². The van der Waals surface area contributed by atoms with Gasteiger partial charge in [0, 0.05) is 22.0 Å². The van der Waals surface area contributed by atoms with E-state index in [-0.39, 0.29) is 13.2 Å². The van der Waals surface area contributed by atoms with Crippen LogP contribution in [0, 0.1) is 6.92 Å². The van der Waals surface area contributed by atoms with Crippen LogP contribution < -0.4 is 10.4 Å². The molecule has 0 atom stereocenters. The second-order valence-electron chi connectivity index (χ2n) is 6.10. The summed E-state index contributed by atoms with van der Waals surface area (Å²) < 4.78 is 16.0. The average Bonchev–Trinajstić information content (AvgIpc) is 2.65. The molecule has 0 saturated carbocycles. The number of benzene rings is 2. The van der Waals surface area contributed by atoms with Crippen LogP contribution in [0.15, 0.2) is 51.7 Å². The smallest absolute Gasteiger partial charge is 0.344 e. The van der Waals surface area contributed by atoms with Gasteiger partial charge in [-0.05, 0) is 42.7 Å². The highest BCUT2D eigenvalue weighted by Gasteiger charge is 2.12. The summed E-state index contributed by atoms with van der Waals surface area (Å²) in [5.74, 6) is 0.0926. The van der Waals surface area contributed by atoms with Gasteiger partial charge < -0.3 is 13.9 Å². The summed E-state index contributed by atoms with van der Waals surface area (Å²) in [6.07, 6.45) is 0.716. The van der Waals surface area contributed by atoms with Crippen LogP contribution in [0.3, 0.4) is 0 Å². The van der Waals surface area contributed by atoms with E-state index >= 15 is 0 Å². The Morgan fingerprint density at radius 3 is 2.67 bits per heavy atom. The Bertz CT molecular complexity index is 1040. The number of aryl methyl sites for hydroxylation is 2. The van der Waals surface area contributed by atoms with Gasteiger partial charge in [-0.3, -0.25) is 0 Å². The van der Waals surface area contributed by atoms with Crippen molar-refractivity contribution in [2.75, 3.05) is 6.61 Å². The van der Waals surface area contributed by atoms with E-state index < -0.39 is 11.6 Å². The summed E-state index contributed by atoms with van der Waals surface area (Å²) in [6.45, 7) is 3.57. The monoisotopic (exact) mass is 386 g/mol. The highest BCUT2D eigenvalue weighted by molar-refractivity contribution is 6.32. The van der Waals surface area contributed by atoms with Crippen molar-refractivity contribution < 1.29 is 18.7 Å². The van der Waals surface area contributed by atoms with Gasteiger partial charge in [0.25, 0.3) is 0 Å². The molecule has 5 nitrogen and oxygen atoms in total. The lowest BCUT2D eigenvalue weighted by atomic mass is 10.1. The number of halogens is 1. The quantitative estimate of drug-likeness (QED) is 0.463. The molecule has 0 radical (unpaired) electrons. The van der Waals surface area contributed by atoms with E-state index in [1.54, 1.807) is 18.2 Å². The van der Waals surface area contributed by atoms with Gasteiger partial charge in [-0.1, -0.05) is 36.7 Å². The van der Waals surface area contributed by atoms with E-state index in [1.807, 2.05) is 32.0 Å². The summed E-state index contributed by atoms with van der Waals surface area (Å²) >= 11 is 6.26. The Balaban J connectivity index is 1.72. The molecule has 0 aliphatic carbocycles. The average molecular weight is 387 g/mol. The summed E-state index contributed by atoms with van der Waals surface area (Å²) in [4.78, 5) is 23.8. The van der Waals surface area contributed by atoms with Crippen LogP contribution in [-0.2, 0) is 22.6 Å². The lowest BCUT2D eigenvalue weighted by Crippen LogP contribution is -2.15. The first kappa shape index (κ1) is 19.0. The van der Waals surface area contributed by atoms with Gasteiger partial charge in [-0.15, -0.1) is 0 Å². The van der Waals surface area contributed by atoms with Crippen LogP contribution in [0.5, 0.6) is 5.75 Å². The maximum absolute atomic E-state index is 12.0. The zero-order valence-electron chi connectivity index (χ0n) is 15.1. The van der Waals surface area contributed by atoms with Crippen molar-refractivity contribution in [3.8, 4) is 5.75 Å². The first-order chi connectivity index (χ1) is 13.0. The number of hydrogen-bond donors (Lipinski definition) is 0. The third-order valence-electron chi connectivity index (χ3n) is 4.21. The molecule has 0 fully saturated rings. The maximum atomic E-state index is 12.0. The third-order valence-corrected chi connectivity index (χ3v) is 4.56. The fourth-order valence-electron chi connectivity index (χ4n) is 2.73. The highest BCUT2D eigenvalue weighted by Crippen LogP contribution is 2.26. The Morgan fingerprint density at radius 1 is 1.15 bits per heavy atom. The van der Waals surface area contributed by atoms with Crippen LogP contribution >= 0.6 is 11.6 Å². The van der Waals surface area contributed by atoms with Crippen LogP contribution in [0.1, 0.15) is 23.6 Å². The van der Waals surface area contributed by atoms with Gasteiger partial charge in [-0.25, -0.2) is 9.59 Å². The summed E-state index contributed by atoms with van der Waals surface area (Å²) in [5, 5.41) is 1.22. The molecule has 0 aliphatic rings. The van der Waals surface area contributed by atoms with Gasteiger partial charge in [-0.2, -0.15) is 0 Å². The number of fused-ring (bicyclic) bond motifs is 1. The number of para-hydroxylation sites is 1. The fraction of sp³-hybridized carbons (Fsp3) is 0.238. The SMILES string of the molecule is CCc1cc2oc(=O)cc(COC(=O)COc3ccccc3C)c2cc1Cl. The number of ether oxygens (including phenoxy) is 2. The second kappa shape index (κ2) is 8.27. The minimum Gasteiger partial charge on any atom is -0.482 e. The number of carbonyl (C=O) groups is 1. The topological polar surface area (TPSA) is 65.7 Å².